The lowest BCUT2D eigenvalue weighted by atomic mass is 10.5. The number of rotatable bonds is 8. The van der Waals surface area contributed by atoms with Crippen molar-refractivity contribution in [2.45, 2.75) is 25.1 Å². The lowest BCUT2D eigenvalue weighted by molar-refractivity contribution is 0.114. The van der Waals surface area contributed by atoms with Gasteiger partial charge in [0, 0.05) is 20.8 Å². The molecule has 0 aromatic rings. The minimum atomic E-state index is -1.87. The van der Waals surface area contributed by atoms with E-state index in [1.165, 1.54) is 0 Å². The molecule has 0 N–H and O–H groups in total. The molecule has 84 valence electrons. The second-order valence-corrected chi connectivity index (χ2v) is 7.26. The highest BCUT2D eigenvalue weighted by Crippen LogP contribution is 2.14. The van der Waals surface area contributed by atoms with Gasteiger partial charge in [-0.25, -0.2) is 0 Å². The van der Waals surface area contributed by atoms with Gasteiger partial charge in [0.05, 0.1) is 13.2 Å². The maximum Gasteiger partial charge on any atom is 0.334 e. The summed E-state index contributed by atoms with van der Waals surface area (Å²) in [6, 6.07) is 0.978. The van der Waals surface area contributed by atoms with Crippen molar-refractivity contribution in [2.24, 2.45) is 0 Å². The first kappa shape index (κ1) is 12.1. The molecule has 5 heteroatoms. The molecule has 4 nitrogen and oxygen atoms in total. The Balaban J connectivity index is 1.95. The van der Waals surface area contributed by atoms with Crippen LogP contribution in [0.2, 0.25) is 12.6 Å². The first-order valence-electron chi connectivity index (χ1n) is 5.00. The molecule has 1 rings (SSSR count). The second-order valence-electron chi connectivity index (χ2n) is 3.68. The van der Waals surface area contributed by atoms with Gasteiger partial charge in [0.25, 0.3) is 0 Å². The summed E-state index contributed by atoms with van der Waals surface area (Å²) < 4.78 is 21.2. The van der Waals surface area contributed by atoms with Gasteiger partial charge in [-0.15, -0.1) is 0 Å². The van der Waals surface area contributed by atoms with Crippen LogP contribution < -0.4 is 0 Å². The average molecular weight is 220 g/mol. The summed E-state index contributed by atoms with van der Waals surface area (Å²) in [5, 5.41) is 0. The van der Waals surface area contributed by atoms with Gasteiger partial charge >= 0.3 is 8.56 Å². The quantitative estimate of drug-likeness (QED) is 0.349. The van der Waals surface area contributed by atoms with Gasteiger partial charge in [0.1, 0.15) is 6.10 Å². The standard InChI is InChI=1S/C9H20O4Si/c1-10-14(3,11-2)6-4-5-12-7-9-8-13-9/h9H,4-8H2,1-3H3/t9-/m1/s1. The molecule has 1 aliphatic heterocycles. The van der Waals surface area contributed by atoms with Gasteiger partial charge in [0.15, 0.2) is 0 Å². The van der Waals surface area contributed by atoms with Crippen molar-refractivity contribution >= 4 is 8.56 Å². The summed E-state index contributed by atoms with van der Waals surface area (Å²) in [4.78, 5) is 0. The van der Waals surface area contributed by atoms with Crippen LogP contribution >= 0.6 is 0 Å². The smallest absolute Gasteiger partial charge is 0.334 e. The predicted molar refractivity (Wildman–Crippen MR) is 55.6 cm³/mol. The fourth-order valence-electron chi connectivity index (χ4n) is 1.16. The third kappa shape index (κ3) is 4.52. The largest absolute Gasteiger partial charge is 0.398 e. The highest BCUT2D eigenvalue weighted by Gasteiger charge is 2.28. The maximum absolute atomic E-state index is 5.43. The molecular weight excluding hydrogens is 200 g/mol. The van der Waals surface area contributed by atoms with E-state index in [4.69, 9.17) is 18.3 Å². The van der Waals surface area contributed by atoms with Crippen molar-refractivity contribution in [1.29, 1.82) is 0 Å². The molecule has 0 aliphatic carbocycles. The summed E-state index contributed by atoms with van der Waals surface area (Å²) in [6.07, 6.45) is 1.36. The van der Waals surface area contributed by atoms with E-state index in [0.29, 0.717) is 6.10 Å². The van der Waals surface area contributed by atoms with E-state index in [9.17, 15) is 0 Å². The Morgan fingerprint density at radius 1 is 1.36 bits per heavy atom. The molecule has 1 fully saturated rings. The Labute approximate surface area is 86.7 Å². The van der Waals surface area contributed by atoms with Gasteiger partial charge in [-0.3, -0.25) is 0 Å². The van der Waals surface area contributed by atoms with E-state index in [2.05, 4.69) is 6.55 Å². The van der Waals surface area contributed by atoms with Crippen LogP contribution in [-0.4, -0.2) is 48.7 Å². The van der Waals surface area contributed by atoms with Crippen molar-refractivity contribution in [2.75, 3.05) is 34.0 Å². The third-order valence-corrected chi connectivity index (χ3v) is 5.48. The van der Waals surface area contributed by atoms with Crippen LogP contribution in [0.3, 0.4) is 0 Å². The molecule has 0 saturated carbocycles. The summed E-state index contributed by atoms with van der Waals surface area (Å²) >= 11 is 0. The zero-order valence-electron chi connectivity index (χ0n) is 9.25. The molecule has 1 saturated heterocycles. The molecule has 0 unspecified atom stereocenters. The van der Waals surface area contributed by atoms with Crippen molar-refractivity contribution in [1.82, 2.24) is 0 Å². The van der Waals surface area contributed by atoms with Crippen molar-refractivity contribution < 1.29 is 18.3 Å². The van der Waals surface area contributed by atoms with Crippen LogP contribution in [0.5, 0.6) is 0 Å². The van der Waals surface area contributed by atoms with E-state index in [1.54, 1.807) is 14.2 Å². The van der Waals surface area contributed by atoms with E-state index in [-0.39, 0.29) is 0 Å². The Morgan fingerprint density at radius 2 is 2.00 bits per heavy atom. The van der Waals surface area contributed by atoms with Crippen molar-refractivity contribution in [3.8, 4) is 0 Å². The van der Waals surface area contributed by atoms with E-state index in [0.717, 1.165) is 32.3 Å². The van der Waals surface area contributed by atoms with Crippen LogP contribution in [0, 0.1) is 0 Å². The van der Waals surface area contributed by atoms with Crippen molar-refractivity contribution in [3.05, 3.63) is 0 Å². The average Bonchev–Trinajstić information content (AvgIpc) is 3.01. The fraction of sp³-hybridized carbons (Fsp3) is 1.00. The zero-order chi connectivity index (χ0) is 10.4. The van der Waals surface area contributed by atoms with Gasteiger partial charge in [-0.1, -0.05) is 0 Å². The van der Waals surface area contributed by atoms with Crippen LogP contribution in [0.15, 0.2) is 0 Å². The summed E-state index contributed by atoms with van der Waals surface area (Å²) in [7, 11) is 1.56. The Hall–Kier alpha value is 0.0569. The Morgan fingerprint density at radius 3 is 2.50 bits per heavy atom. The lowest BCUT2D eigenvalue weighted by Crippen LogP contribution is -2.36. The molecule has 1 heterocycles. The molecule has 0 amide bonds. The SMILES string of the molecule is CO[Si](C)(CCCOC[C@@H]1CO1)OC. The molecule has 1 aliphatic rings. The summed E-state index contributed by atoms with van der Waals surface area (Å²) in [6.45, 7) is 4.44. The molecule has 0 radical (unpaired) electrons. The summed E-state index contributed by atoms with van der Waals surface area (Å²) in [5.41, 5.74) is 0. The molecule has 1 atom stereocenters. The monoisotopic (exact) mass is 220 g/mol. The Kier molecular flexibility index (Phi) is 5.04. The highest BCUT2D eigenvalue weighted by atomic mass is 28.4. The number of hydrogen-bond acceptors (Lipinski definition) is 4. The van der Waals surface area contributed by atoms with Crippen LogP contribution in [-0.2, 0) is 18.3 Å². The normalized spacial score (nSPS) is 21.2. The van der Waals surface area contributed by atoms with Crippen LogP contribution in [0.4, 0.5) is 0 Å². The van der Waals surface area contributed by atoms with E-state index >= 15 is 0 Å². The topological polar surface area (TPSA) is 40.2 Å². The Bertz CT molecular complexity index is 157. The van der Waals surface area contributed by atoms with Crippen LogP contribution in [0.1, 0.15) is 6.42 Å². The number of epoxide rings is 1. The number of ether oxygens (including phenoxy) is 2. The predicted octanol–water partition coefficient (Wildman–Crippen LogP) is 1.16. The molecule has 14 heavy (non-hydrogen) atoms. The van der Waals surface area contributed by atoms with Crippen LogP contribution in [0.25, 0.3) is 0 Å². The first-order chi connectivity index (χ1) is 6.70. The maximum atomic E-state index is 5.43. The lowest BCUT2D eigenvalue weighted by Gasteiger charge is -2.22. The van der Waals surface area contributed by atoms with Crippen molar-refractivity contribution in [3.63, 3.8) is 0 Å². The van der Waals surface area contributed by atoms with E-state index < -0.39 is 8.56 Å². The van der Waals surface area contributed by atoms with Gasteiger partial charge in [-0.2, -0.15) is 0 Å². The second kappa shape index (κ2) is 5.82. The highest BCUT2D eigenvalue weighted by molar-refractivity contribution is 6.65. The first-order valence-corrected chi connectivity index (χ1v) is 7.52. The molecule has 0 aromatic heterocycles. The molecule has 0 spiro atoms. The van der Waals surface area contributed by atoms with Gasteiger partial charge in [-0.05, 0) is 19.0 Å². The van der Waals surface area contributed by atoms with Gasteiger partial charge < -0.3 is 18.3 Å². The minimum absolute atomic E-state index is 0.364. The van der Waals surface area contributed by atoms with Gasteiger partial charge in [0.2, 0.25) is 0 Å². The number of hydrogen-bond donors (Lipinski definition) is 0. The molecule has 0 aromatic carbocycles. The fourth-order valence-corrected chi connectivity index (χ4v) is 2.52. The minimum Gasteiger partial charge on any atom is -0.398 e. The van der Waals surface area contributed by atoms with E-state index in [1.807, 2.05) is 0 Å². The molecule has 0 bridgehead atoms. The summed E-state index contributed by atoms with van der Waals surface area (Å²) in [5.74, 6) is 0. The third-order valence-electron chi connectivity index (χ3n) is 2.49. The zero-order valence-corrected chi connectivity index (χ0v) is 10.2. The molecular formula is C9H20O4Si.